The quantitative estimate of drug-likeness (QED) is 0.0219. The van der Waals surface area contributed by atoms with Crippen molar-refractivity contribution in [2.75, 3.05) is 33.0 Å². The highest BCUT2D eigenvalue weighted by Crippen LogP contribution is 2.31. The number of rotatable bonds is 43. The molecule has 3 aliphatic rings. The van der Waals surface area contributed by atoms with Gasteiger partial charge in [0.1, 0.15) is 79.9 Å². The molecule has 3 saturated heterocycles. The van der Waals surface area contributed by atoms with E-state index in [0.717, 1.165) is 64.2 Å². The summed E-state index contributed by atoms with van der Waals surface area (Å²) < 4.78 is 45.6. The largest absolute Gasteiger partial charge is 0.462 e. The van der Waals surface area contributed by atoms with Gasteiger partial charge in [-0.1, -0.05) is 160 Å². The number of ether oxygens (including phenoxy) is 8. The fourth-order valence-electron chi connectivity index (χ4n) is 9.59. The standard InChI is InChI=1S/C57H102O20/c1-3-5-7-9-11-13-15-17-19-21-23-25-27-29-31-33-44(60)70-37-40(73-45(61)34-32-30-28-26-24-22-20-18-16-14-12-10-8-6-4-2)38-71-57-54(51(67)47(63)42(36-59)75-57)77-56-53(69)50(66)48(64)43(76-56)39-72-55-52(68)49(65)46(62)41(35-58)74-55/h13,15,19,21,40-43,46-59,62-69H,3-12,14,16-18,20,22-39H2,1-2H3/b15-13-,21-19-/t40-,41?,42?,43?,46?,47-,48+,49+,50?,51+,52-,53-,54?,55+,56-,57+/m1/s1. The van der Waals surface area contributed by atoms with Gasteiger partial charge in [0.25, 0.3) is 0 Å². The summed E-state index contributed by atoms with van der Waals surface area (Å²) >= 11 is 0. The number of aliphatic hydroxyl groups excluding tert-OH is 10. The molecule has 0 aromatic heterocycles. The molecule has 3 rings (SSSR count). The first-order chi connectivity index (χ1) is 37.3. The second-order valence-electron chi connectivity index (χ2n) is 21.2. The Morgan fingerprint density at radius 2 is 0.870 bits per heavy atom. The summed E-state index contributed by atoms with van der Waals surface area (Å²) in [6.07, 6.45) is 10.9. The topological polar surface area (TPSA) is 310 Å². The van der Waals surface area contributed by atoms with Gasteiger partial charge in [0, 0.05) is 12.8 Å². The van der Waals surface area contributed by atoms with Crippen LogP contribution < -0.4 is 0 Å². The van der Waals surface area contributed by atoms with Gasteiger partial charge in [0.2, 0.25) is 0 Å². The molecule has 3 fully saturated rings. The summed E-state index contributed by atoms with van der Waals surface area (Å²) in [5, 5.41) is 105. The molecule has 16 atom stereocenters. The lowest BCUT2D eigenvalue weighted by atomic mass is 9.97. The van der Waals surface area contributed by atoms with Crippen LogP contribution in [0, 0.1) is 0 Å². The molecule has 6 unspecified atom stereocenters. The van der Waals surface area contributed by atoms with Gasteiger partial charge in [-0.15, -0.1) is 0 Å². The van der Waals surface area contributed by atoms with E-state index in [2.05, 4.69) is 38.2 Å². The number of allylic oxidation sites excluding steroid dienone is 4. The average Bonchev–Trinajstić information content (AvgIpc) is 3.42. The zero-order valence-corrected chi connectivity index (χ0v) is 46.4. The van der Waals surface area contributed by atoms with Gasteiger partial charge >= 0.3 is 11.9 Å². The first-order valence-electron chi connectivity index (χ1n) is 29.4. The Hall–Kier alpha value is -2.22. The fourth-order valence-corrected chi connectivity index (χ4v) is 9.59. The number of hydrogen-bond acceptors (Lipinski definition) is 20. The zero-order chi connectivity index (χ0) is 56.2. The molecule has 450 valence electrons. The molecule has 3 heterocycles. The number of carbonyl (C=O) groups is 2. The van der Waals surface area contributed by atoms with Crippen LogP contribution in [0.15, 0.2) is 24.3 Å². The van der Waals surface area contributed by atoms with Crippen LogP contribution in [-0.2, 0) is 47.5 Å². The molecule has 10 N–H and O–H groups in total. The molecule has 3 aliphatic heterocycles. The Balaban J connectivity index is 1.57. The second-order valence-corrected chi connectivity index (χ2v) is 21.2. The van der Waals surface area contributed by atoms with Crippen molar-refractivity contribution in [1.29, 1.82) is 0 Å². The number of unbranched alkanes of at least 4 members (excludes halogenated alkanes) is 22. The van der Waals surface area contributed by atoms with Crippen molar-refractivity contribution in [3.8, 4) is 0 Å². The smallest absolute Gasteiger partial charge is 0.306 e. The third-order valence-electron chi connectivity index (χ3n) is 14.5. The van der Waals surface area contributed by atoms with Crippen LogP contribution in [0.2, 0.25) is 0 Å². The van der Waals surface area contributed by atoms with E-state index in [1.54, 1.807) is 0 Å². The minimum Gasteiger partial charge on any atom is -0.462 e. The zero-order valence-electron chi connectivity index (χ0n) is 46.4. The molecule has 0 saturated carbocycles. The number of carbonyl (C=O) groups excluding carboxylic acids is 2. The molecule has 0 aromatic rings. The Labute approximate surface area is 458 Å². The summed E-state index contributed by atoms with van der Waals surface area (Å²) in [5.74, 6) is -1.06. The lowest BCUT2D eigenvalue weighted by Crippen LogP contribution is -2.65. The van der Waals surface area contributed by atoms with Crippen LogP contribution in [-0.4, -0.2) is 194 Å². The fraction of sp³-hybridized carbons (Fsp3) is 0.895. The highest BCUT2D eigenvalue weighted by Gasteiger charge is 2.52. The van der Waals surface area contributed by atoms with Crippen LogP contribution in [0.5, 0.6) is 0 Å². The molecule has 0 amide bonds. The average molecular weight is 1110 g/mol. The van der Waals surface area contributed by atoms with Crippen molar-refractivity contribution in [3.63, 3.8) is 0 Å². The molecular weight excluding hydrogens is 1000 g/mol. The molecule has 0 aliphatic carbocycles. The number of aliphatic hydroxyl groups is 10. The van der Waals surface area contributed by atoms with Gasteiger partial charge in [0.05, 0.1) is 26.4 Å². The third-order valence-corrected chi connectivity index (χ3v) is 14.5. The molecule has 0 aromatic carbocycles. The Morgan fingerprint density at radius 1 is 0.442 bits per heavy atom. The van der Waals surface area contributed by atoms with Crippen LogP contribution in [0.25, 0.3) is 0 Å². The van der Waals surface area contributed by atoms with Crippen molar-refractivity contribution in [2.24, 2.45) is 0 Å². The van der Waals surface area contributed by atoms with Crippen molar-refractivity contribution in [3.05, 3.63) is 24.3 Å². The van der Waals surface area contributed by atoms with E-state index in [1.807, 2.05) is 0 Å². The number of esters is 2. The summed E-state index contributed by atoms with van der Waals surface area (Å²) in [4.78, 5) is 26.2. The number of hydrogen-bond donors (Lipinski definition) is 10. The van der Waals surface area contributed by atoms with E-state index < -0.39 is 137 Å². The third kappa shape index (κ3) is 26.9. The van der Waals surface area contributed by atoms with E-state index in [1.165, 1.54) is 89.9 Å². The normalized spacial score (nSPS) is 30.3. The van der Waals surface area contributed by atoms with Crippen molar-refractivity contribution >= 4 is 11.9 Å². The maximum absolute atomic E-state index is 13.2. The van der Waals surface area contributed by atoms with Crippen LogP contribution in [0.3, 0.4) is 0 Å². The van der Waals surface area contributed by atoms with E-state index in [-0.39, 0.29) is 19.4 Å². The Bertz CT molecular complexity index is 1550. The van der Waals surface area contributed by atoms with Crippen LogP contribution in [0.4, 0.5) is 0 Å². The first kappa shape index (κ1) is 69.1. The first-order valence-corrected chi connectivity index (χ1v) is 29.4. The van der Waals surface area contributed by atoms with E-state index in [0.29, 0.717) is 12.8 Å². The molecule has 0 spiro atoms. The monoisotopic (exact) mass is 1110 g/mol. The van der Waals surface area contributed by atoms with Crippen LogP contribution in [0.1, 0.15) is 194 Å². The lowest BCUT2D eigenvalue weighted by Gasteiger charge is -2.46. The molecule has 20 nitrogen and oxygen atoms in total. The predicted octanol–water partition coefficient (Wildman–Crippen LogP) is 4.98. The van der Waals surface area contributed by atoms with Gasteiger partial charge in [-0.2, -0.15) is 0 Å². The highest BCUT2D eigenvalue weighted by molar-refractivity contribution is 5.70. The molecular formula is C57H102O20. The predicted molar refractivity (Wildman–Crippen MR) is 285 cm³/mol. The van der Waals surface area contributed by atoms with Gasteiger partial charge in [-0.3, -0.25) is 9.59 Å². The Morgan fingerprint density at radius 3 is 1.40 bits per heavy atom. The molecule has 0 radical (unpaired) electrons. The minimum absolute atomic E-state index is 0.100. The van der Waals surface area contributed by atoms with Crippen molar-refractivity contribution in [1.82, 2.24) is 0 Å². The van der Waals surface area contributed by atoms with E-state index in [4.69, 9.17) is 37.9 Å². The summed E-state index contributed by atoms with van der Waals surface area (Å²) in [6, 6.07) is 0. The second kappa shape index (κ2) is 41.7. The van der Waals surface area contributed by atoms with Gasteiger partial charge < -0.3 is 89.0 Å². The molecule has 0 bridgehead atoms. The maximum Gasteiger partial charge on any atom is 0.306 e. The van der Waals surface area contributed by atoms with E-state index >= 15 is 0 Å². The van der Waals surface area contributed by atoms with E-state index in [9.17, 15) is 60.7 Å². The summed E-state index contributed by atoms with van der Waals surface area (Å²) in [7, 11) is 0. The van der Waals surface area contributed by atoms with Crippen LogP contribution >= 0.6 is 0 Å². The minimum atomic E-state index is -1.99. The summed E-state index contributed by atoms with van der Waals surface area (Å²) in [5.41, 5.74) is 0. The van der Waals surface area contributed by atoms with Gasteiger partial charge in [-0.25, -0.2) is 0 Å². The Kier molecular flexibility index (Phi) is 37.4. The molecule has 20 heteroatoms. The highest BCUT2D eigenvalue weighted by atomic mass is 16.8. The molecule has 77 heavy (non-hydrogen) atoms. The SMILES string of the molecule is CCCCCC/C=C\C/C=C\CCCCCCC(=O)OC[C@H](CO[C@H]1OC(CO)[C@@H](O)[C@H](O)C1O[C@H]1OC(CO[C@H]2OC(CO)C(O)[C@H](O)[C@H]2O)[C@H](O)C(O)[C@H]1O)OC(=O)CCCCCCCCCCCCCCCCC. The van der Waals surface area contributed by atoms with Crippen molar-refractivity contribution < 1.29 is 98.5 Å². The maximum atomic E-state index is 13.2. The summed E-state index contributed by atoms with van der Waals surface area (Å²) in [6.45, 7) is 1.37. The van der Waals surface area contributed by atoms with Crippen molar-refractivity contribution in [2.45, 2.75) is 292 Å². The van der Waals surface area contributed by atoms with Gasteiger partial charge in [-0.05, 0) is 44.9 Å². The van der Waals surface area contributed by atoms with Gasteiger partial charge in [0.15, 0.2) is 25.0 Å². The lowest BCUT2D eigenvalue weighted by molar-refractivity contribution is -0.373.